The Labute approximate surface area is 104 Å². The van der Waals surface area contributed by atoms with Crippen molar-refractivity contribution in [2.45, 2.75) is 4.90 Å². The van der Waals surface area contributed by atoms with E-state index in [1.54, 1.807) is 23.1 Å². The summed E-state index contributed by atoms with van der Waals surface area (Å²) in [5.74, 6) is 1.05. The summed E-state index contributed by atoms with van der Waals surface area (Å²) in [4.78, 5) is 7.60. The van der Waals surface area contributed by atoms with Gasteiger partial charge in [0.25, 0.3) is 0 Å². The van der Waals surface area contributed by atoms with E-state index < -0.39 is 0 Å². The zero-order valence-electron chi connectivity index (χ0n) is 9.43. The minimum absolute atomic E-state index is 0.822. The van der Waals surface area contributed by atoms with Gasteiger partial charge in [-0.25, -0.2) is 4.98 Å². The Kier molecular flexibility index (Phi) is 3.68. The smallest absolute Gasteiger partial charge is 0.105 e. The molecule has 0 aliphatic rings. The third kappa shape index (κ3) is 2.48. The molecule has 0 aliphatic carbocycles. The van der Waals surface area contributed by atoms with Crippen LogP contribution < -0.4 is 5.73 Å². The van der Waals surface area contributed by atoms with Gasteiger partial charge in [-0.3, -0.25) is 0 Å². The van der Waals surface area contributed by atoms with Gasteiger partial charge in [0, 0.05) is 17.2 Å². The molecular weight excluding hydrogens is 238 g/mol. The molecular formula is C11H15N3S2. The number of anilines is 1. The molecule has 0 spiro atoms. The number of nitrogens with two attached hydrogens (primary N) is 1. The summed E-state index contributed by atoms with van der Waals surface area (Å²) in [6.45, 7) is 1.05. The van der Waals surface area contributed by atoms with Crippen LogP contribution >= 0.6 is 23.1 Å². The second-order valence-electron chi connectivity index (χ2n) is 3.83. The Hall–Kier alpha value is -0.780. The molecule has 0 fully saturated rings. The van der Waals surface area contributed by atoms with E-state index in [0.29, 0.717) is 0 Å². The standard InChI is InChI=1S/C11H15N3S2/c1-14(2)5-6-15-8-3-4-9-11(10(8)12)13-7-16-9/h3-4,7H,5-6,12H2,1-2H3. The van der Waals surface area contributed by atoms with Crippen molar-refractivity contribution in [2.75, 3.05) is 32.1 Å². The third-order valence-corrected chi connectivity index (χ3v) is 4.15. The van der Waals surface area contributed by atoms with Gasteiger partial charge in [-0.15, -0.1) is 23.1 Å². The summed E-state index contributed by atoms with van der Waals surface area (Å²) in [5, 5.41) is 0. The topological polar surface area (TPSA) is 42.2 Å². The molecule has 0 amide bonds. The van der Waals surface area contributed by atoms with E-state index in [4.69, 9.17) is 5.73 Å². The van der Waals surface area contributed by atoms with Crippen molar-refractivity contribution in [3.05, 3.63) is 17.6 Å². The first kappa shape index (κ1) is 11.7. The Balaban J connectivity index is 2.15. The molecule has 2 rings (SSSR count). The lowest BCUT2D eigenvalue weighted by Gasteiger charge is -2.10. The predicted molar refractivity (Wildman–Crippen MR) is 73.3 cm³/mol. The molecule has 2 N–H and O–H groups in total. The van der Waals surface area contributed by atoms with Crippen LogP contribution in [-0.2, 0) is 0 Å². The Morgan fingerprint density at radius 2 is 2.25 bits per heavy atom. The van der Waals surface area contributed by atoms with Crippen LogP contribution in [0.1, 0.15) is 0 Å². The molecule has 0 radical (unpaired) electrons. The SMILES string of the molecule is CN(C)CCSc1ccc2scnc2c1N. The summed E-state index contributed by atoms with van der Waals surface area (Å²) >= 11 is 3.42. The Morgan fingerprint density at radius 3 is 3.00 bits per heavy atom. The quantitative estimate of drug-likeness (QED) is 0.671. The van der Waals surface area contributed by atoms with Crippen molar-refractivity contribution in [2.24, 2.45) is 0 Å². The van der Waals surface area contributed by atoms with Gasteiger partial charge in [0.1, 0.15) is 5.52 Å². The average Bonchev–Trinajstić information content (AvgIpc) is 2.69. The Bertz CT molecular complexity index is 479. The van der Waals surface area contributed by atoms with Gasteiger partial charge in [-0.1, -0.05) is 0 Å². The molecule has 0 atom stereocenters. The van der Waals surface area contributed by atoms with Crippen LogP contribution in [0.15, 0.2) is 22.5 Å². The molecule has 2 aromatic rings. The molecule has 86 valence electrons. The molecule has 0 bridgehead atoms. The lowest BCUT2D eigenvalue weighted by Crippen LogP contribution is -2.14. The maximum atomic E-state index is 6.09. The maximum Gasteiger partial charge on any atom is 0.105 e. The summed E-state index contributed by atoms with van der Waals surface area (Å²) in [6.07, 6.45) is 0. The predicted octanol–water partition coefficient (Wildman–Crippen LogP) is 2.53. The number of thioether (sulfide) groups is 1. The van der Waals surface area contributed by atoms with Crippen molar-refractivity contribution in [1.29, 1.82) is 0 Å². The van der Waals surface area contributed by atoms with Crippen molar-refractivity contribution in [3.63, 3.8) is 0 Å². The van der Waals surface area contributed by atoms with Crippen LogP contribution in [0, 0.1) is 0 Å². The lowest BCUT2D eigenvalue weighted by molar-refractivity contribution is 0.437. The summed E-state index contributed by atoms with van der Waals surface area (Å²) in [5.41, 5.74) is 9.70. The number of nitrogens with zero attached hydrogens (tertiary/aromatic N) is 2. The number of nitrogen functional groups attached to an aromatic ring is 1. The zero-order valence-corrected chi connectivity index (χ0v) is 11.1. The molecule has 0 aliphatic heterocycles. The molecule has 3 nitrogen and oxygen atoms in total. The monoisotopic (exact) mass is 253 g/mol. The van der Waals surface area contributed by atoms with Gasteiger partial charge in [-0.2, -0.15) is 0 Å². The van der Waals surface area contributed by atoms with E-state index in [9.17, 15) is 0 Å². The van der Waals surface area contributed by atoms with Crippen molar-refractivity contribution < 1.29 is 0 Å². The fourth-order valence-corrected chi connectivity index (χ4v) is 3.18. The van der Waals surface area contributed by atoms with Crippen LogP contribution in [0.5, 0.6) is 0 Å². The highest BCUT2D eigenvalue weighted by atomic mass is 32.2. The number of rotatable bonds is 4. The molecule has 1 aromatic heterocycles. The molecule has 0 saturated carbocycles. The van der Waals surface area contributed by atoms with E-state index in [2.05, 4.69) is 36.1 Å². The van der Waals surface area contributed by atoms with Crippen molar-refractivity contribution in [3.8, 4) is 0 Å². The normalized spacial score (nSPS) is 11.4. The van der Waals surface area contributed by atoms with Crippen LogP contribution in [0.3, 0.4) is 0 Å². The number of benzene rings is 1. The number of hydrogen-bond donors (Lipinski definition) is 1. The fraction of sp³-hybridized carbons (Fsp3) is 0.364. The molecule has 1 heterocycles. The molecule has 16 heavy (non-hydrogen) atoms. The number of hydrogen-bond acceptors (Lipinski definition) is 5. The lowest BCUT2D eigenvalue weighted by atomic mass is 10.3. The summed E-state index contributed by atoms with van der Waals surface area (Å²) in [7, 11) is 4.15. The highest BCUT2D eigenvalue weighted by Gasteiger charge is 2.07. The first-order valence-corrected chi connectivity index (χ1v) is 6.94. The second-order valence-corrected chi connectivity index (χ2v) is 5.85. The highest BCUT2D eigenvalue weighted by molar-refractivity contribution is 7.99. The molecule has 1 aromatic carbocycles. The molecule has 5 heteroatoms. The van der Waals surface area contributed by atoms with Gasteiger partial charge >= 0.3 is 0 Å². The third-order valence-electron chi connectivity index (χ3n) is 2.30. The first-order valence-electron chi connectivity index (χ1n) is 5.07. The van der Waals surface area contributed by atoms with Crippen molar-refractivity contribution in [1.82, 2.24) is 9.88 Å². The van der Waals surface area contributed by atoms with Crippen LogP contribution in [0.2, 0.25) is 0 Å². The largest absolute Gasteiger partial charge is 0.396 e. The minimum atomic E-state index is 0.822. The first-order chi connectivity index (χ1) is 7.68. The van der Waals surface area contributed by atoms with E-state index in [-0.39, 0.29) is 0 Å². The second kappa shape index (κ2) is 5.03. The van der Waals surface area contributed by atoms with Crippen LogP contribution in [0.4, 0.5) is 5.69 Å². The summed E-state index contributed by atoms with van der Waals surface area (Å²) < 4.78 is 1.16. The van der Waals surface area contributed by atoms with Gasteiger partial charge in [-0.05, 0) is 26.2 Å². The molecule has 0 unspecified atom stereocenters. The van der Waals surface area contributed by atoms with Crippen LogP contribution in [0.25, 0.3) is 10.2 Å². The number of fused-ring (bicyclic) bond motifs is 1. The summed E-state index contributed by atoms with van der Waals surface area (Å²) in [6, 6.07) is 4.19. The highest BCUT2D eigenvalue weighted by Crippen LogP contribution is 2.32. The van der Waals surface area contributed by atoms with Gasteiger partial charge in [0.15, 0.2) is 0 Å². The van der Waals surface area contributed by atoms with E-state index >= 15 is 0 Å². The van der Waals surface area contributed by atoms with E-state index in [1.165, 1.54) is 0 Å². The minimum Gasteiger partial charge on any atom is -0.396 e. The number of thiazole rings is 1. The van der Waals surface area contributed by atoms with E-state index in [1.807, 2.05) is 5.51 Å². The van der Waals surface area contributed by atoms with Crippen molar-refractivity contribution >= 4 is 39.0 Å². The van der Waals surface area contributed by atoms with Gasteiger partial charge < -0.3 is 10.6 Å². The zero-order chi connectivity index (χ0) is 11.5. The van der Waals surface area contributed by atoms with Crippen LogP contribution in [-0.4, -0.2) is 36.3 Å². The fourth-order valence-electron chi connectivity index (χ4n) is 1.40. The Morgan fingerprint density at radius 1 is 1.44 bits per heavy atom. The maximum absolute atomic E-state index is 6.09. The average molecular weight is 253 g/mol. The van der Waals surface area contributed by atoms with Gasteiger partial charge in [0.05, 0.1) is 15.9 Å². The van der Waals surface area contributed by atoms with E-state index in [0.717, 1.165) is 33.1 Å². The molecule has 0 saturated heterocycles. The number of aromatic nitrogens is 1. The van der Waals surface area contributed by atoms with Gasteiger partial charge in [0.2, 0.25) is 0 Å².